The van der Waals surface area contributed by atoms with Crippen molar-refractivity contribution in [2.75, 3.05) is 7.05 Å². The van der Waals surface area contributed by atoms with Gasteiger partial charge < -0.3 is 16.2 Å². The quantitative estimate of drug-likeness (QED) is 0.606. The van der Waals surface area contributed by atoms with Crippen LogP contribution in [0.15, 0.2) is 0 Å². The molecule has 1 aliphatic rings. The minimum Gasteiger partial charge on any atom is -0.480 e. The standard InChI is InChI=1S/C10H20N2O2/c1-12-9(6-8(11)10(13)14)7-4-2-3-5-7/h7-9,12H,2-6,11H2,1H3,(H,13,14). The molecule has 0 aromatic carbocycles. The van der Waals surface area contributed by atoms with Crippen molar-refractivity contribution < 1.29 is 9.90 Å². The second-order valence-electron chi connectivity index (χ2n) is 4.12. The predicted octanol–water partition coefficient (Wildman–Crippen LogP) is 0.567. The summed E-state index contributed by atoms with van der Waals surface area (Å²) in [5.74, 6) is -0.284. The van der Waals surface area contributed by atoms with Crippen molar-refractivity contribution in [2.24, 2.45) is 11.7 Å². The highest BCUT2D eigenvalue weighted by Crippen LogP contribution is 2.29. The third kappa shape index (κ3) is 2.96. The second kappa shape index (κ2) is 5.32. The highest BCUT2D eigenvalue weighted by molar-refractivity contribution is 5.73. The van der Waals surface area contributed by atoms with Gasteiger partial charge in [-0.05, 0) is 32.2 Å². The molecule has 14 heavy (non-hydrogen) atoms. The van der Waals surface area contributed by atoms with Crippen LogP contribution in [0.1, 0.15) is 32.1 Å². The molecule has 4 nitrogen and oxygen atoms in total. The number of rotatable bonds is 5. The Hall–Kier alpha value is -0.610. The number of carboxylic acids is 1. The van der Waals surface area contributed by atoms with Gasteiger partial charge >= 0.3 is 5.97 Å². The maximum atomic E-state index is 10.6. The maximum Gasteiger partial charge on any atom is 0.320 e. The second-order valence-corrected chi connectivity index (χ2v) is 4.12. The van der Waals surface area contributed by atoms with Crippen LogP contribution in [0.3, 0.4) is 0 Å². The van der Waals surface area contributed by atoms with Crippen molar-refractivity contribution in [1.82, 2.24) is 5.32 Å². The molecule has 0 spiro atoms. The van der Waals surface area contributed by atoms with E-state index in [0.717, 1.165) is 0 Å². The fourth-order valence-corrected chi connectivity index (χ4v) is 2.28. The first-order valence-electron chi connectivity index (χ1n) is 5.30. The number of hydrogen-bond acceptors (Lipinski definition) is 3. The first-order chi connectivity index (χ1) is 6.65. The maximum absolute atomic E-state index is 10.6. The first kappa shape index (κ1) is 11.5. The molecule has 1 rings (SSSR count). The van der Waals surface area contributed by atoms with E-state index in [1.54, 1.807) is 0 Å². The molecule has 2 unspecified atom stereocenters. The summed E-state index contributed by atoms with van der Waals surface area (Å²) in [5.41, 5.74) is 5.52. The average molecular weight is 200 g/mol. The topological polar surface area (TPSA) is 75.3 Å². The summed E-state index contributed by atoms with van der Waals surface area (Å²) in [6.07, 6.45) is 5.49. The normalized spacial score (nSPS) is 22.1. The SMILES string of the molecule is CNC(CC(N)C(=O)O)C1CCCC1. The third-order valence-corrected chi connectivity index (χ3v) is 3.16. The van der Waals surface area contributed by atoms with Gasteiger partial charge in [0.15, 0.2) is 0 Å². The summed E-state index contributed by atoms with van der Waals surface area (Å²) in [4.78, 5) is 10.6. The van der Waals surface area contributed by atoms with Crippen molar-refractivity contribution >= 4 is 5.97 Å². The van der Waals surface area contributed by atoms with Crippen LogP contribution in [0.25, 0.3) is 0 Å². The zero-order valence-corrected chi connectivity index (χ0v) is 8.70. The third-order valence-electron chi connectivity index (χ3n) is 3.16. The van der Waals surface area contributed by atoms with E-state index in [2.05, 4.69) is 5.32 Å². The van der Waals surface area contributed by atoms with Crippen LogP contribution in [0.2, 0.25) is 0 Å². The summed E-state index contributed by atoms with van der Waals surface area (Å²) in [6.45, 7) is 0. The van der Waals surface area contributed by atoms with Crippen molar-refractivity contribution in [1.29, 1.82) is 0 Å². The van der Waals surface area contributed by atoms with Crippen LogP contribution in [-0.4, -0.2) is 30.2 Å². The molecular formula is C10H20N2O2. The lowest BCUT2D eigenvalue weighted by Gasteiger charge is -2.24. The summed E-state index contributed by atoms with van der Waals surface area (Å²) in [6, 6.07) is -0.461. The molecule has 0 amide bonds. The van der Waals surface area contributed by atoms with Crippen LogP contribution in [0.4, 0.5) is 0 Å². The number of nitrogens with two attached hydrogens (primary N) is 1. The number of aliphatic carboxylic acids is 1. The molecular weight excluding hydrogens is 180 g/mol. The van der Waals surface area contributed by atoms with Crippen molar-refractivity contribution in [3.63, 3.8) is 0 Å². The molecule has 0 bridgehead atoms. The molecule has 0 radical (unpaired) electrons. The highest BCUT2D eigenvalue weighted by Gasteiger charge is 2.27. The highest BCUT2D eigenvalue weighted by atomic mass is 16.4. The number of hydrogen-bond donors (Lipinski definition) is 3. The van der Waals surface area contributed by atoms with Gasteiger partial charge in [0, 0.05) is 6.04 Å². The Bertz CT molecular complexity index is 191. The minimum atomic E-state index is -0.900. The molecule has 0 saturated heterocycles. The van der Waals surface area contributed by atoms with Gasteiger partial charge in [-0.2, -0.15) is 0 Å². The molecule has 82 valence electrons. The fourth-order valence-electron chi connectivity index (χ4n) is 2.28. The minimum absolute atomic E-state index is 0.267. The number of carbonyl (C=O) groups is 1. The van der Waals surface area contributed by atoms with E-state index in [1.807, 2.05) is 7.05 Å². The van der Waals surface area contributed by atoms with Gasteiger partial charge in [0.1, 0.15) is 6.04 Å². The van der Waals surface area contributed by atoms with Crippen LogP contribution >= 0.6 is 0 Å². The molecule has 1 fully saturated rings. The van der Waals surface area contributed by atoms with Gasteiger partial charge in [-0.3, -0.25) is 4.79 Å². The average Bonchev–Trinajstić information content (AvgIpc) is 2.66. The van der Waals surface area contributed by atoms with E-state index in [4.69, 9.17) is 10.8 Å². The predicted molar refractivity (Wildman–Crippen MR) is 55.0 cm³/mol. The van der Waals surface area contributed by atoms with Gasteiger partial charge in [0.2, 0.25) is 0 Å². The molecule has 4 heteroatoms. The lowest BCUT2D eigenvalue weighted by atomic mass is 9.93. The molecule has 0 heterocycles. The van der Waals surface area contributed by atoms with E-state index < -0.39 is 12.0 Å². The molecule has 2 atom stereocenters. The van der Waals surface area contributed by atoms with Gasteiger partial charge in [0.05, 0.1) is 0 Å². The van der Waals surface area contributed by atoms with E-state index in [1.165, 1.54) is 25.7 Å². The summed E-state index contributed by atoms with van der Waals surface area (Å²) < 4.78 is 0. The molecule has 0 aromatic rings. The van der Waals surface area contributed by atoms with Crippen LogP contribution in [0, 0.1) is 5.92 Å². The molecule has 0 aromatic heterocycles. The Kier molecular flexibility index (Phi) is 4.35. The molecule has 1 aliphatic carbocycles. The number of carboxylic acid groups (broad SMARTS) is 1. The summed E-state index contributed by atoms with van der Waals surface area (Å²) in [5, 5.41) is 11.9. The van der Waals surface area contributed by atoms with Gasteiger partial charge in [-0.1, -0.05) is 12.8 Å². The van der Waals surface area contributed by atoms with E-state index in [-0.39, 0.29) is 6.04 Å². The van der Waals surface area contributed by atoms with Crippen LogP contribution in [0.5, 0.6) is 0 Å². The Labute approximate surface area is 84.9 Å². The van der Waals surface area contributed by atoms with Crippen molar-refractivity contribution in [3.05, 3.63) is 0 Å². The zero-order valence-electron chi connectivity index (χ0n) is 8.70. The Morgan fingerprint density at radius 2 is 2.14 bits per heavy atom. The Balaban J connectivity index is 2.41. The van der Waals surface area contributed by atoms with Gasteiger partial charge in [0.25, 0.3) is 0 Å². The zero-order chi connectivity index (χ0) is 10.6. The van der Waals surface area contributed by atoms with E-state index >= 15 is 0 Å². The first-order valence-corrected chi connectivity index (χ1v) is 5.30. The summed E-state index contributed by atoms with van der Waals surface area (Å²) in [7, 11) is 1.89. The van der Waals surface area contributed by atoms with Crippen molar-refractivity contribution in [3.8, 4) is 0 Å². The lowest BCUT2D eigenvalue weighted by Crippen LogP contribution is -2.41. The fraction of sp³-hybridized carbons (Fsp3) is 0.900. The molecule has 1 saturated carbocycles. The smallest absolute Gasteiger partial charge is 0.320 e. The van der Waals surface area contributed by atoms with Crippen LogP contribution in [-0.2, 0) is 4.79 Å². The van der Waals surface area contributed by atoms with Crippen molar-refractivity contribution in [2.45, 2.75) is 44.2 Å². The van der Waals surface area contributed by atoms with E-state index in [9.17, 15) is 4.79 Å². The Morgan fingerprint density at radius 3 is 2.57 bits per heavy atom. The monoisotopic (exact) mass is 200 g/mol. The van der Waals surface area contributed by atoms with Gasteiger partial charge in [-0.25, -0.2) is 0 Å². The number of nitrogens with one attached hydrogen (secondary N) is 1. The summed E-state index contributed by atoms with van der Waals surface area (Å²) >= 11 is 0. The van der Waals surface area contributed by atoms with E-state index in [0.29, 0.717) is 12.3 Å². The Morgan fingerprint density at radius 1 is 1.57 bits per heavy atom. The molecule has 4 N–H and O–H groups in total. The van der Waals surface area contributed by atoms with Crippen LogP contribution < -0.4 is 11.1 Å². The lowest BCUT2D eigenvalue weighted by molar-refractivity contribution is -0.138. The largest absolute Gasteiger partial charge is 0.480 e. The molecule has 0 aliphatic heterocycles. The van der Waals surface area contributed by atoms with Gasteiger partial charge in [-0.15, -0.1) is 0 Å².